The van der Waals surface area contributed by atoms with E-state index in [4.69, 9.17) is 0 Å². The first-order chi connectivity index (χ1) is 12.0. The molecule has 0 saturated heterocycles. The van der Waals surface area contributed by atoms with Crippen molar-refractivity contribution in [1.29, 1.82) is 0 Å². The Morgan fingerprint density at radius 3 is 2.68 bits per heavy atom. The summed E-state index contributed by atoms with van der Waals surface area (Å²) in [5.41, 5.74) is 2.05. The van der Waals surface area contributed by atoms with E-state index < -0.39 is 4.92 Å². The standard InChI is InChI=1S/C18H15N3O3S/c1-13-11-15(21(23)24)7-8-16(13)19-18-20(9-10-25-18)12-17(22)14-5-3-2-4-6-14/h2-11H,12H2,1H3. The molecule has 25 heavy (non-hydrogen) atoms. The zero-order valence-corrected chi connectivity index (χ0v) is 14.3. The Hall–Kier alpha value is -3.06. The summed E-state index contributed by atoms with van der Waals surface area (Å²) in [4.78, 5) is 28.0. The van der Waals surface area contributed by atoms with E-state index in [2.05, 4.69) is 4.99 Å². The van der Waals surface area contributed by atoms with Gasteiger partial charge in [0.05, 0.1) is 17.2 Å². The normalized spacial score (nSPS) is 11.5. The minimum absolute atomic E-state index is 0.000807. The molecule has 1 heterocycles. The molecule has 0 unspecified atom stereocenters. The second kappa shape index (κ2) is 7.23. The molecule has 6 nitrogen and oxygen atoms in total. The molecule has 3 rings (SSSR count). The van der Waals surface area contributed by atoms with Crippen molar-refractivity contribution in [1.82, 2.24) is 4.57 Å². The van der Waals surface area contributed by atoms with E-state index in [0.717, 1.165) is 0 Å². The Morgan fingerprint density at radius 1 is 1.24 bits per heavy atom. The molecule has 0 radical (unpaired) electrons. The van der Waals surface area contributed by atoms with E-state index >= 15 is 0 Å². The number of benzene rings is 2. The number of non-ortho nitro benzene ring substituents is 1. The van der Waals surface area contributed by atoms with E-state index in [9.17, 15) is 14.9 Å². The number of aryl methyl sites for hydroxylation is 1. The van der Waals surface area contributed by atoms with Crippen molar-refractivity contribution in [3.05, 3.63) is 86.2 Å². The fraction of sp³-hybridized carbons (Fsp3) is 0.111. The van der Waals surface area contributed by atoms with E-state index in [1.165, 1.54) is 23.5 Å². The van der Waals surface area contributed by atoms with Crippen LogP contribution in [0, 0.1) is 17.0 Å². The van der Waals surface area contributed by atoms with Gasteiger partial charge in [0, 0.05) is 29.3 Å². The predicted octanol–water partition coefficient (Wildman–Crippen LogP) is 3.88. The van der Waals surface area contributed by atoms with Crippen molar-refractivity contribution in [3.63, 3.8) is 0 Å². The van der Waals surface area contributed by atoms with Gasteiger partial charge in [0.1, 0.15) is 0 Å². The van der Waals surface area contributed by atoms with Gasteiger partial charge >= 0.3 is 0 Å². The lowest BCUT2D eigenvalue weighted by Gasteiger charge is -2.04. The number of ketones is 1. The number of nitro benzene ring substituents is 1. The van der Waals surface area contributed by atoms with Crippen LogP contribution >= 0.6 is 11.3 Å². The van der Waals surface area contributed by atoms with Gasteiger partial charge in [0.15, 0.2) is 10.6 Å². The number of nitro groups is 1. The first-order valence-electron chi connectivity index (χ1n) is 7.56. The molecule has 0 spiro atoms. The highest BCUT2D eigenvalue weighted by atomic mass is 32.1. The van der Waals surface area contributed by atoms with Crippen molar-refractivity contribution < 1.29 is 9.72 Å². The van der Waals surface area contributed by atoms with Crippen molar-refractivity contribution in [2.24, 2.45) is 4.99 Å². The first kappa shape index (κ1) is 16.8. The molecule has 3 aromatic rings. The number of thiazole rings is 1. The van der Waals surface area contributed by atoms with E-state index in [0.29, 0.717) is 21.6 Å². The summed E-state index contributed by atoms with van der Waals surface area (Å²) < 4.78 is 1.78. The number of aromatic nitrogens is 1. The summed E-state index contributed by atoms with van der Waals surface area (Å²) in [5.74, 6) is 0.000807. The van der Waals surface area contributed by atoms with Crippen LogP contribution in [0.1, 0.15) is 15.9 Å². The maximum atomic E-state index is 12.4. The third-order valence-electron chi connectivity index (χ3n) is 3.68. The van der Waals surface area contributed by atoms with Crippen LogP contribution < -0.4 is 4.80 Å². The lowest BCUT2D eigenvalue weighted by Crippen LogP contribution is -2.19. The largest absolute Gasteiger partial charge is 0.316 e. The van der Waals surface area contributed by atoms with Crippen LogP contribution in [0.5, 0.6) is 0 Å². The Labute approximate surface area is 147 Å². The zero-order valence-electron chi connectivity index (χ0n) is 13.5. The molecular weight excluding hydrogens is 338 g/mol. The summed E-state index contributed by atoms with van der Waals surface area (Å²) in [6.45, 7) is 1.97. The molecule has 0 aliphatic carbocycles. The number of Topliss-reactive ketones (excluding diaryl/α,β-unsaturated/α-hetero) is 1. The molecule has 0 aliphatic heterocycles. The number of hydrogen-bond acceptors (Lipinski definition) is 5. The molecule has 0 amide bonds. The SMILES string of the molecule is Cc1cc([N+](=O)[O-])ccc1N=c1sccn1CC(=O)c1ccccc1. The number of rotatable bonds is 5. The smallest absolute Gasteiger partial charge is 0.269 e. The van der Waals surface area contributed by atoms with Crippen LogP contribution in [-0.2, 0) is 6.54 Å². The van der Waals surface area contributed by atoms with Crippen LogP contribution in [0.4, 0.5) is 11.4 Å². The molecule has 0 fully saturated rings. The summed E-state index contributed by atoms with van der Waals surface area (Å²) >= 11 is 1.41. The fourth-order valence-corrected chi connectivity index (χ4v) is 3.10. The van der Waals surface area contributed by atoms with E-state index in [1.54, 1.807) is 29.7 Å². The van der Waals surface area contributed by atoms with Crippen LogP contribution in [0.2, 0.25) is 0 Å². The first-order valence-corrected chi connectivity index (χ1v) is 8.44. The van der Waals surface area contributed by atoms with Gasteiger partial charge < -0.3 is 4.57 Å². The lowest BCUT2D eigenvalue weighted by molar-refractivity contribution is -0.384. The number of hydrogen-bond donors (Lipinski definition) is 0. The Kier molecular flexibility index (Phi) is 4.85. The minimum Gasteiger partial charge on any atom is -0.316 e. The summed E-state index contributed by atoms with van der Waals surface area (Å²) in [6.07, 6.45) is 1.81. The average molecular weight is 353 g/mol. The second-order valence-corrected chi connectivity index (χ2v) is 6.32. The molecule has 126 valence electrons. The van der Waals surface area contributed by atoms with Crippen LogP contribution in [0.15, 0.2) is 65.1 Å². The highest BCUT2D eigenvalue weighted by Crippen LogP contribution is 2.23. The summed E-state index contributed by atoms with van der Waals surface area (Å²) in [5, 5.41) is 12.7. The van der Waals surface area contributed by atoms with Crippen LogP contribution in [0.25, 0.3) is 0 Å². The number of nitrogens with zero attached hydrogens (tertiary/aromatic N) is 3. The number of carbonyl (C=O) groups is 1. The quantitative estimate of drug-likeness (QED) is 0.397. The zero-order chi connectivity index (χ0) is 17.8. The van der Waals surface area contributed by atoms with Gasteiger partial charge in [-0.3, -0.25) is 14.9 Å². The van der Waals surface area contributed by atoms with E-state index in [-0.39, 0.29) is 18.0 Å². The average Bonchev–Trinajstić information content (AvgIpc) is 3.04. The maximum Gasteiger partial charge on any atom is 0.269 e. The molecule has 0 bridgehead atoms. The highest BCUT2D eigenvalue weighted by molar-refractivity contribution is 7.07. The third kappa shape index (κ3) is 3.89. The topological polar surface area (TPSA) is 77.5 Å². The molecular formula is C18H15N3O3S. The Bertz CT molecular complexity index is 990. The fourth-order valence-electron chi connectivity index (χ4n) is 2.36. The van der Waals surface area contributed by atoms with Crippen molar-refractivity contribution in [2.75, 3.05) is 0 Å². The third-order valence-corrected chi connectivity index (χ3v) is 4.47. The van der Waals surface area contributed by atoms with Crippen LogP contribution in [-0.4, -0.2) is 15.3 Å². The minimum atomic E-state index is -0.430. The van der Waals surface area contributed by atoms with Gasteiger partial charge in [0.25, 0.3) is 5.69 Å². The highest BCUT2D eigenvalue weighted by Gasteiger charge is 2.09. The molecule has 0 saturated carbocycles. The summed E-state index contributed by atoms with van der Waals surface area (Å²) in [6, 6.07) is 13.6. The monoisotopic (exact) mass is 353 g/mol. The maximum absolute atomic E-state index is 12.4. The van der Waals surface area contributed by atoms with Gasteiger partial charge in [-0.05, 0) is 18.6 Å². The molecule has 0 aliphatic rings. The lowest BCUT2D eigenvalue weighted by atomic mass is 10.1. The summed E-state index contributed by atoms with van der Waals surface area (Å²) in [7, 11) is 0. The molecule has 0 N–H and O–H groups in total. The molecule has 0 atom stereocenters. The molecule has 2 aromatic carbocycles. The Morgan fingerprint density at radius 2 is 2.00 bits per heavy atom. The van der Waals surface area contributed by atoms with Gasteiger partial charge in [-0.15, -0.1) is 11.3 Å². The van der Waals surface area contributed by atoms with Crippen molar-refractivity contribution in [3.8, 4) is 0 Å². The van der Waals surface area contributed by atoms with Gasteiger partial charge in [-0.25, -0.2) is 4.99 Å². The molecule has 1 aromatic heterocycles. The van der Waals surface area contributed by atoms with Crippen molar-refractivity contribution in [2.45, 2.75) is 13.5 Å². The van der Waals surface area contributed by atoms with Crippen LogP contribution in [0.3, 0.4) is 0 Å². The van der Waals surface area contributed by atoms with E-state index in [1.807, 2.05) is 29.8 Å². The van der Waals surface area contributed by atoms with Crippen molar-refractivity contribution >= 4 is 28.5 Å². The van der Waals surface area contributed by atoms with Gasteiger partial charge in [-0.1, -0.05) is 30.3 Å². The van der Waals surface area contributed by atoms with Gasteiger partial charge in [0.2, 0.25) is 0 Å². The molecule has 7 heteroatoms. The number of carbonyl (C=O) groups excluding carboxylic acids is 1. The second-order valence-electron chi connectivity index (χ2n) is 5.44. The van der Waals surface area contributed by atoms with Gasteiger partial charge in [-0.2, -0.15) is 0 Å². The predicted molar refractivity (Wildman–Crippen MR) is 96.1 cm³/mol. The Balaban J connectivity index is 1.90.